The SMILES string of the molecule is COc1ccc(F)c(-n2nnc(COc3cccc(CCC(=O)O)c3)c2N2CCCCC2)c1. The first-order valence-electron chi connectivity index (χ1n) is 11.0. The Labute approximate surface area is 191 Å². The van der Waals surface area contributed by atoms with Crippen LogP contribution in [0, 0.1) is 5.82 Å². The predicted molar refractivity (Wildman–Crippen MR) is 121 cm³/mol. The van der Waals surface area contributed by atoms with Gasteiger partial charge in [0.1, 0.15) is 35.3 Å². The van der Waals surface area contributed by atoms with Crippen LogP contribution in [0.25, 0.3) is 5.69 Å². The van der Waals surface area contributed by atoms with Gasteiger partial charge in [-0.05, 0) is 55.5 Å². The number of rotatable bonds is 9. The van der Waals surface area contributed by atoms with Gasteiger partial charge in [-0.2, -0.15) is 4.68 Å². The van der Waals surface area contributed by atoms with Gasteiger partial charge in [-0.3, -0.25) is 4.79 Å². The summed E-state index contributed by atoms with van der Waals surface area (Å²) in [5.41, 5.74) is 1.76. The molecule has 1 aliphatic rings. The number of aromatic nitrogens is 3. The van der Waals surface area contributed by atoms with E-state index in [0.717, 1.165) is 37.9 Å². The zero-order valence-electron chi connectivity index (χ0n) is 18.5. The average molecular weight is 455 g/mol. The van der Waals surface area contributed by atoms with Crippen molar-refractivity contribution in [1.82, 2.24) is 15.0 Å². The molecule has 33 heavy (non-hydrogen) atoms. The van der Waals surface area contributed by atoms with E-state index < -0.39 is 11.8 Å². The number of methoxy groups -OCH3 is 1. The lowest BCUT2D eigenvalue weighted by Crippen LogP contribution is -2.32. The largest absolute Gasteiger partial charge is 0.497 e. The van der Waals surface area contributed by atoms with Crippen molar-refractivity contribution >= 4 is 11.8 Å². The van der Waals surface area contributed by atoms with Gasteiger partial charge < -0.3 is 19.5 Å². The summed E-state index contributed by atoms with van der Waals surface area (Å²) in [7, 11) is 1.54. The lowest BCUT2D eigenvalue weighted by Gasteiger charge is -2.29. The van der Waals surface area contributed by atoms with E-state index in [0.29, 0.717) is 29.4 Å². The molecule has 174 valence electrons. The minimum absolute atomic E-state index is 0.0585. The third-order valence-corrected chi connectivity index (χ3v) is 5.65. The number of anilines is 1. The molecule has 3 aromatic rings. The zero-order valence-corrected chi connectivity index (χ0v) is 18.5. The van der Waals surface area contributed by atoms with Crippen molar-refractivity contribution in [2.75, 3.05) is 25.1 Å². The number of aliphatic carboxylic acids is 1. The molecule has 0 unspecified atom stereocenters. The third kappa shape index (κ3) is 5.42. The molecule has 2 aromatic carbocycles. The highest BCUT2D eigenvalue weighted by molar-refractivity contribution is 5.67. The molecule has 4 rings (SSSR count). The molecule has 0 spiro atoms. The Kier molecular flexibility index (Phi) is 7.07. The van der Waals surface area contributed by atoms with Crippen LogP contribution in [0.4, 0.5) is 10.2 Å². The summed E-state index contributed by atoms with van der Waals surface area (Å²) < 4.78 is 27.5. The first-order valence-corrected chi connectivity index (χ1v) is 11.0. The van der Waals surface area contributed by atoms with E-state index in [4.69, 9.17) is 14.6 Å². The van der Waals surface area contributed by atoms with Gasteiger partial charge in [-0.1, -0.05) is 17.3 Å². The molecule has 0 saturated carbocycles. The lowest BCUT2D eigenvalue weighted by atomic mass is 10.1. The minimum atomic E-state index is -0.839. The second-order valence-electron chi connectivity index (χ2n) is 7.97. The van der Waals surface area contributed by atoms with Crippen molar-refractivity contribution in [3.63, 3.8) is 0 Å². The molecule has 1 saturated heterocycles. The van der Waals surface area contributed by atoms with Crippen LogP contribution >= 0.6 is 0 Å². The van der Waals surface area contributed by atoms with Crippen LogP contribution in [0.5, 0.6) is 11.5 Å². The Bertz CT molecular complexity index is 1110. The molecule has 1 fully saturated rings. The van der Waals surface area contributed by atoms with Gasteiger partial charge in [-0.25, -0.2) is 4.39 Å². The fourth-order valence-corrected chi connectivity index (χ4v) is 3.96. The highest BCUT2D eigenvalue weighted by Gasteiger charge is 2.24. The number of carboxylic acid groups (broad SMARTS) is 1. The van der Waals surface area contributed by atoms with Crippen LogP contribution in [0.1, 0.15) is 36.9 Å². The summed E-state index contributed by atoms with van der Waals surface area (Å²) >= 11 is 0. The molecule has 1 N–H and O–H groups in total. The van der Waals surface area contributed by atoms with E-state index in [1.54, 1.807) is 12.1 Å². The number of nitrogens with zero attached hydrogens (tertiary/aromatic N) is 4. The van der Waals surface area contributed by atoms with Crippen LogP contribution in [0.2, 0.25) is 0 Å². The number of carboxylic acids is 1. The average Bonchev–Trinajstić information content (AvgIpc) is 3.26. The molecule has 1 aromatic heterocycles. The van der Waals surface area contributed by atoms with Gasteiger partial charge in [0.25, 0.3) is 0 Å². The number of piperidine rings is 1. The topological polar surface area (TPSA) is 89.7 Å². The number of carbonyl (C=O) groups is 1. The molecule has 1 aliphatic heterocycles. The van der Waals surface area contributed by atoms with Crippen molar-refractivity contribution in [2.45, 2.75) is 38.7 Å². The molecule has 0 atom stereocenters. The summed E-state index contributed by atoms with van der Waals surface area (Å²) in [5.74, 6) is 0.599. The van der Waals surface area contributed by atoms with Crippen molar-refractivity contribution in [2.24, 2.45) is 0 Å². The number of ether oxygens (including phenoxy) is 2. The summed E-state index contributed by atoms with van der Waals surface area (Å²) in [4.78, 5) is 13.0. The number of benzene rings is 2. The minimum Gasteiger partial charge on any atom is -0.497 e. The van der Waals surface area contributed by atoms with E-state index in [9.17, 15) is 9.18 Å². The Balaban J connectivity index is 1.61. The Morgan fingerprint density at radius 3 is 2.70 bits per heavy atom. The van der Waals surface area contributed by atoms with Crippen molar-refractivity contribution in [3.8, 4) is 17.2 Å². The Morgan fingerprint density at radius 2 is 1.94 bits per heavy atom. The normalized spacial score (nSPS) is 13.7. The standard InChI is InChI=1S/C24H27FN4O4/c1-32-18-9-10-20(25)22(15-18)29-24(28-12-3-2-4-13-28)21(26-27-29)16-33-19-7-5-6-17(14-19)8-11-23(30)31/h5-7,9-10,14-15H,2-4,8,11-13,16H2,1H3,(H,30,31). The van der Waals surface area contributed by atoms with Crippen LogP contribution in [-0.4, -0.2) is 46.3 Å². The van der Waals surface area contributed by atoms with Gasteiger partial charge in [0.2, 0.25) is 0 Å². The summed E-state index contributed by atoms with van der Waals surface area (Å²) in [5, 5.41) is 17.5. The second kappa shape index (κ2) is 10.3. The maximum absolute atomic E-state index is 14.7. The van der Waals surface area contributed by atoms with E-state index >= 15 is 0 Å². The van der Waals surface area contributed by atoms with Gasteiger partial charge >= 0.3 is 5.97 Å². The summed E-state index contributed by atoms with van der Waals surface area (Å²) in [6, 6.07) is 11.9. The molecule has 9 heteroatoms. The van der Waals surface area contributed by atoms with Gasteiger partial charge in [0, 0.05) is 25.6 Å². The van der Waals surface area contributed by atoms with Crippen LogP contribution < -0.4 is 14.4 Å². The van der Waals surface area contributed by atoms with Crippen molar-refractivity contribution in [1.29, 1.82) is 0 Å². The van der Waals surface area contributed by atoms with Crippen LogP contribution in [-0.2, 0) is 17.8 Å². The second-order valence-corrected chi connectivity index (χ2v) is 7.97. The first kappa shape index (κ1) is 22.6. The first-order chi connectivity index (χ1) is 16.0. The quantitative estimate of drug-likeness (QED) is 0.523. The number of hydrogen-bond donors (Lipinski definition) is 1. The van der Waals surface area contributed by atoms with Gasteiger partial charge in [0.15, 0.2) is 5.82 Å². The fourth-order valence-electron chi connectivity index (χ4n) is 3.96. The van der Waals surface area contributed by atoms with Crippen LogP contribution in [0.15, 0.2) is 42.5 Å². The molecule has 0 bridgehead atoms. The van der Waals surface area contributed by atoms with Gasteiger partial charge in [-0.15, -0.1) is 5.10 Å². The highest BCUT2D eigenvalue weighted by atomic mass is 19.1. The summed E-state index contributed by atoms with van der Waals surface area (Å²) in [6.45, 7) is 1.81. The molecule has 0 radical (unpaired) electrons. The van der Waals surface area contributed by atoms with E-state index in [1.165, 1.54) is 17.9 Å². The van der Waals surface area contributed by atoms with Crippen molar-refractivity contribution < 1.29 is 23.8 Å². The number of hydrogen-bond acceptors (Lipinski definition) is 6. The molecule has 0 amide bonds. The molecular weight excluding hydrogens is 427 g/mol. The molecule has 2 heterocycles. The smallest absolute Gasteiger partial charge is 0.303 e. The fraction of sp³-hybridized carbons (Fsp3) is 0.375. The number of aryl methyl sites for hydroxylation is 1. The molecule has 8 nitrogen and oxygen atoms in total. The zero-order chi connectivity index (χ0) is 23.2. The number of halogens is 1. The van der Waals surface area contributed by atoms with Gasteiger partial charge in [0.05, 0.1) is 7.11 Å². The summed E-state index contributed by atoms with van der Waals surface area (Å²) in [6.07, 6.45) is 3.72. The molecular formula is C24H27FN4O4. The van der Waals surface area contributed by atoms with E-state index in [1.807, 2.05) is 24.3 Å². The predicted octanol–water partition coefficient (Wildman–Crippen LogP) is 4.00. The van der Waals surface area contributed by atoms with Crippen molar-refractivity contribution in [3.05, 3.63) is 59.5 Å². The van der Waals surface area contributed by atoms with E-state index in [-0.39, 0.29) is 18.7 Å². The maximum Gasteiger partial charge on any atom is 0.303 e. The lowest BCUT2D eigenvalue weighted by molar-refractivity contribution is -0.136. The monoisotopic (exact) mass is 454 g/mol. The Morgan fingerprint density at radius 1 is 1.12 bits per heavy atom. The van der Waals surface area contributed by atoms with Crippen LogP contribution in [0.3, 0.4) is 0 Å². The maximum atomic E-state index is 14.7. The van der Waals surface area contributed by atoms with E-state index in [2.05, 4.69) is 15.2 Å². The molecule has 0 aliphatic carbocycles. The highest BCUT2D eigenvalue weighted by Crippen LogP contribution is 2.29. The Hall–Kier alpha value is -3.62. The third-order valence-electron chi connectivity index (χ3n) is 5.65.